The lowest BCUT2D eigenvalue weighted by Gasteiger charge is -2.25. The van der Waals surface area contributed by atoms with Crippen molar-refractivity contribution in [3.05, 3.63) is 65.4 Å². The van der Waals surface area contributed by atoms with E-state index in [9.17, 15) is 0 Å². The minimum atomic E-state index is 0.197. The molecule has 0 radical (unpaired) electrons. The largest absolute Gasteiger partial charge is 0.454 e. The Morgan fingerprint density at radius 2 is 1.88 bits per heavy atom. The molecule has 128 valence electrons. The standard InChI is InChI=1S/C20H21N3O2/c1-12(2)23-13(3)8-15-9-18-19(25-11-24-18)10-17(15)20(22-23)14-4-6-16(21)7-5-14/h4-7,9-10,13H,1,8,11,21H2,2-3H3/t13-/m1/s1. The minimum absolute atomic E-state index is 0.197. The maximum absolute atomic E-state index is 5.85. The quantitative estimate of drug-likeness (QED) is 0.853. The summed E-state index contributed by atoms with van der Waals surface area (Å²) in [4.78, 5) is 0. The van der Waals surface area contributed by atoms with E-state index >= 15 is 0 Å². The van der Waals surface area contributed by atoms with Crippen molar-refractivity contribution in [2.24, 2.45) is 5.10 Å². The first-order chi connectivity index (χ1) is 12.0. The fourth-order valence-corrected chi connectivity index (χ4v) is 3.35. The summed E-state index contributed by atoms with van der Waals surface area (Å²) in [6.45, 7) is 8.48. The smallest absolute Gasteiger partial charge is 0.231 e. The predicted octanol–water partition coefficient (Wildman–Crippen LogP) is 3.53. The summed E-state index contributed by atoms with van der Waals surface area (Å²) in [7, 11) is 0. The highest BCUT2D eigenvalue weighted by Crippen LogP contribution is 2.38. The van der Waals surface area contributed by atoms with Crippen LogP contribution in [0.15, 0.2) is 53.8 Å². The molecular formula is C20H21N3O2. The van der Waals surface area contributed by atoms with Crippen LogP contribution in [-0.2, 0) is 6.42 Å². The Kier molecular flexibility index (Phi) is 3.64. The maximum atomic E-state index is 5.85. The summed E-state index contributed by atoms with van der Waals surface area (Å²) in [6.07, 6.45) is 0.848. The van der Waals surface area contributed by atoms with Crippen LogP contribution in [0, 0.1) is 0 Å². The van der Waals surface area contributed by atoms with Crippen LogP contribution in [0.4, 0.5) is 5.69 Å². The van der Waals surface area contributed by atoms with Crippen molar-refractivity contribution >= 4 is 11.4 Å². The molecule has 2 aliphatic rings. The third kappa shape index (κ3) is 2.71. The maximum Gasteiger partial charge on any atom is 0.231 e. The van der Waals surface area contributed by atoms with Crippen LogP contribution in [0.25, 0.3) is 0 Å². The fourth-order valence-electron chi connectivity index (χ4n) is 3.35. The molecule has 5 heteroatoms. The van der Waals surface area contributed by atoms with Crippen molar-refractivity contribution in [2.45, 2.75) is 26.3 Å². The summed E-state index contributed by atoms with van der Waals surface area (Å²) in [5.41, 5.74) is 11.6. The van der Waals surface area contributed by atoms with E-state index in [1.54, 1.807) is 0 Å². The molecule has 5 nitrogen and oxygen atoms in total. The Morgan fingerprint density at radius 1 is 1.20 bits per heavy atom. The van der Waals surface area contributed by atoms with Gasteiger partial charge in [-0.1, -0.05) is 18.7 Å². The molecule has 2 aromatic rings. The average Bonchev–Trinajstić information content (AvgIpc) is 2.97. The summed E-state index contributed by atoms with van der Waals surface area (Å²) < 4.78 is 11.1. The van der Waals surface area contributed by atoms with E-state index in [4.69, 9.17) is 20.3 Å². The molecule has 0 spiro atoms. The molecule has 0 aliphatic carbocycles. The van der Waals surface area contributed by atoms with Gasteiger partial charge in [0, 0.05) is 22.5 Å². The molecule has 0 unspecified atom stereocenters. The number of rotatable bonds is 2. The van der Waals surface area contributed by atoms with Gasteiger partial charge in [-0.05, 0) is 50.1 Å². The third-order valence-electron chi connectivity index (χ3n) is 4.57. The highest BCUT2D eigenvalue weighted by atomic mass is 16.7. The number of nitrogens with two attached hydrogens (primary N) is 1. The Hall–Kier alpha value is -2.95. The first-order valence-electron chi connectivity index (χ1n) is 8.35. The lowest BCUT2D eigenvalue weighted by atomic mass is 9.94. The zero-order valence-corrected chi connectivity index (χ0v) is 14.5. The summed E-state index contributed by atoms with van der Waals surface area (Å²) in [6, 6.07) is 12.1. The van der Waals surface area contributed by atoms with Gasteiger partial charge in [0.25, 0.3) is 0 Å². The van der Waals surface area contributed by atoms with Gasteiger partial charge in [0.2, 0.25) is 6.79 Å². The SMILES string of the molecule is C=C(C)N1N=C(c2ccc(N)cc2)c2cc3c(cc2C[C@H]1C)OCO3. The first-order valence-corrected chi connectivity index (χ1v) is 8.35. The number of nitrogens with zero attached hydrogens (tertiary/aromatic N) is 2. The summed E-state index contributed by atoms with van der Waals surface area (Å²) >= 11 is 0. The summed E-state index contributed by atoms with van der Waals surface area (Å²) in [5.74, 6) is 1.56. The molecule has 4 rings (SSSR count). The summed E-state index contributed by atoms with van der Waals surface area (Å²) in [5, 5.41) is 6.92. The molecule has 0 saturated heterocycles. The van der Waals surface area contributed by atoms with Crippen molar-refractivity contribution in [3.8, 4) is 11.5 Å². The number of ether oxygens (including phenoxy) is 2. The van der Waals surface area contributed by atoms with Crippen molar-refractivity contribution in [2.75, 3.05) is 12.5 Å². The van der Waals surface area contributed by atoms with E-state index in [-0.39, 0.29) is 12.8 Å². The van der Waals surface area contributed by atoms with E-state index in [2.05, 4.69) is 19.6 Å². The second-order valence-corrected chi connectivity index (χ2v) is 6.57. The predicted molar refractivity (Wildman–Crippen MR) is 98.9 cm³/mol. The zero-order chi connectivity index (χ0) is 17.6. The second-order valence-electron chi connectivity index (χ2n) is 6.57. The van der Waals surface area contributed by atoms with Crippen LogP contribution < -0.4 is 15.2 Å². The van der Waals surface area contributed by atoms with Gasteiger partial charge in [-0.15, -0.1) is 0 Å². The van der Waals surface area contributed by atoms with Crippen molar-refractivity contribution in [3.63, 3.8) is 0 Å². The molecule has 2 heterocycles. The number of hydrazone groups is 1. The molecule has 0 fully saturated rings. The van der Waals surface area contributed by atoms with E-state index in [1.807, 2.05) is 42.3 Å². The van der Waals surface area contributed by atoms with Crippen LogP contribution in [0.2, 0.25) is 0 Å². The topological polar surface area (TPSA) is 60.1 Å². The molecule has 0 saturated carbocycles. The molecule has 2 aliphatic heterocycles. The second kappa shape index (κ2) is 5.84. The molecule has 1 atom stereocenters. The number of allylic oxidation sites excluding steroid dienone is 1. The van der Waals surface area contributed by atoms with Gasteiger partial charge in [0.1, 0.15) is 0 Å². The number of hydrogen-bond acceptors (Lipinski definition) is 5. The van der Waals surface area contributed by atoms with Gasteiger partial charge in [-0.2, -0.15) is 5.10 Å². The van der Waals surface area contributed by atoms with Crippen LogP contribution >= 0.6 is 0 Å². The zero-order valence-electron chi connectivity index (χ0n) is 14.5. The van der Waals surface area contributed by atoms with Crippen molar-refractivity contribution in [1.29, 1.82) is 0 Å². The fraction of sp³-hybridized carbons (Fsp3) is 0.250. The molecule has 25 heavy (non-hydrogen) atoms. The highest BCUT2D eigenvalue weighted by Gasteiger charge is 2.27. The number of hydrogen-bond donors (Lipinski definition) is 1. The van der Waals surface area contributed by atoms with Crippen LogP contribution in [0.3, 0.4) is 0 Å². The Labute approximate surface area is 147 Å². The van der Waals surface area contributed by atoms with Gasteiger partial charge in [-0.3, -0.25) is 5.01 Å². The Balaban J connectivity index is 1.92. The first kappa shape index (κ1) is 15.6. The van der Waals surface area contributed by atoms with Crippen molar-refractivity contribution in [1.82, 2.24) is 5.01 Å². The lowest BCUT2D eigenvalue weighted by molar-refractivity contribution is 0.174. The molecule has 0 aromatic heterocycles. The monoisotopic (exact) mass is 335 g/mol. The van der Waals surface area contributed by atoms with Crippen LogP contribution in [0.1, 0.15) is 30.5 Å². The van der Waals surface area contributed by atoms with Gasteiger partial charge in [0.05, 0.1) is 11.8 Å². The highest BCUT2D eigenvalue weighted by molar-refractivity contribution is 6.14. The number of fused-ring (bicyclic) bond motifs is 2. The molecular weight excluding hydrogens is 314 g/mol. The lowest BCUT2D eigenvalue weighted by Crippen LogP contribution is -2.27. The third-order valence-corrected chi connectivity index (χ3v) is 4.57. The van der Waals surface area contributed by atoms with Crippen molar-refractivity contribution < 1.29 is 9.47 Å². The van der Waals surface area contributed by atoms with Crippen LogP contribution in [0.5, 0.6) is 11.5 Å². The van der Waals surface area contributed by atoms with E-state index in [0.717, 1.165) is 46.1 Å². The number of nitrogen functional groups attached to an aromatic ring is 1. The van der Waals surface area contributed by atoms with E-state index in [0.29, 0.717) is 0 Å². The van der Waals surface area contributed by atoms with E-state index in [1.165, 1.54) is 5.56 Å². The molecule has 0 bridgehead atoms. The Bertz CT molecular complexity index is 871. The molecule has 2 aromatic carbocycles. The number of anilines is 1. The van der Waals surface area contributed by atoms with E-state index < -0.39 is 0 Å². The Morgan fingerprint density at radius 3 is 2.56 bits per heavy atom. The normalized spacial score (nSPS) is 18.4. The van der Waals surface area contributed by atoms with Gasteiger partial charge in [-0.25, -0.2) is 0 Å². The minimum Gasteiger partial charge on any atom is -0.454 e. The van der Waals surface area contributed by atoms with Gasteiger partial charge < -0.3 is 15.2 Å². The van der Waals surface area contributed by atoms with Crippen LogP contribution in [-0.4, -0.2) is 23.6 Å². The molecule has 0 amide bonds. The molecule has 2 N–H and O–H groups in total. The van der Waals surface area contributed by atoms with Gasteiger partial charge >= 0.3 is 0 Å². The van der Waals surface area contributed by atoms with Gasteiger partial charge in [0.15, 0.2) is 11.5 Å². The number of benzene rings is 2. The average molecular weight is 335 g/mol.